The van der Waals surface area contributed by atoms with Crippen molar-refractivity contribution in [2.45, 2.75) is 12.5 Å². The lowest BCUT2D eigenvalue weighted by molar-refractivity contribution is -0.129. The Morgan fingerprint density at radius 1 is 1.00 bits per heavy atom. The zero-order chi connectivity index (χ0) is 21.4. The molecule has 0 fully saturated rings. The van der Waals surface area contributed by atoms with E-state index in [0.29, 0.717) is 24.3 Å². The minimum Gasteiger partial charge on any atom is -0.503 e. The van der Waals surface area contributed by atoms with Gasteiger partial charge in [0.15, 0.2) is 11.5 Å². The third kappa shape index (κ3) is 3.32. The molecule has 0 saturated carbocycles. The summed E-state index contributed by atoms with van der Waals surface area (Å²) in [5.41, 5.74) is 1.57. The molecule has 0 bridgehead atoms. The zero-order valence-corrected chi connectivity index (χ0v) is 16.5. The molecule has 6 nitrogen and oxygen atoms in total. The first-order valence-corrected chi connectivity index (χ1v) is 9.98. The molecule has 5 rings (SSSR count). The van der Waals surface area contributed by atoms with Crippen LogP contribution >= 0.6 is 0 Å². The summed E-state index contributed by atoms with van der Waals surface area (Å²) in [5, 5.41) is 11.5. The van der Waals surface area contributed by atoms with Crippen LogP contribution in [-0.4, -0.2) is 28.2 Å². The number of aliphatic hydroxyl groups excluding tert-OH is 1. The number of rotatable bonds is 6. The quantitative estimate of drug-likeness (QED) is 0.457. The zero-order valence-electron chi connectivity index (χ0n) is 16.5. The van der Waals surface area contributed by atoms with Crippen molar-refractivity contribution in [3.05, 3.63) is 107 Å². The van der Waals surface area contributed by atoms with Gasteiger partial charge < -0.3 is 18.8 Å². The van der Waals surface area contributed by atoms with Crippen LogP contribution in [0.15, 0.2) is 99.2 Å². The topological polar surface area (TPSA) is 83.9 Å². The second-order valence-electron chi connectivity index (χ2n) is 7.39. The standard InChI is InChI=1S/C25H19NO5/c27-23(20-15-17-9-4-5-10-18(17)31-20)21-22(19-11-6-14-30-19)26(25(29)24(21)28)13-12-16-7-2-1-3-8-16/h1-11,14-15,22,28H,12-13H2. The Balaban J connectivity index is 1.51. The van der Waals surface area contributed by atoms with Crippen molar-refractivity contribution in [1.29, 1.82) is 0 Å². The Morgan fingerprint density at radius 3 is 2.52 bits per heavy atom. The highest BCUT2D eigenvalue weighted by Crippen LogP contribution is 2.39. The normalized spacial score (nSPS) is 16.5. The van der Waals surface area contributed by atoms with Crippen LogP contribution in [0.4, 0.5) is 0 Å². The second-order valence-corrected chi connectivity index (χ2v) is 7.39. The Hall–Kier alpha value is -4.06. The molecule has 1 atom stereocenters. The molecule has 0 saturated heterocycles. The van der Waals surface area contributed by atoms with Gasteiger partial charge in [-0.25, -0.2) is 0 Å². The molecule has 1 N–H and O–H groups in total. The second kappa shape index (κ2) is 7.65. The fourth-order valence-corrected chi connectivity index (χ4v) is 3.98. The highest BCUT2D eigenvalue weighted by Gasteiger charge is 2.45. The van der Waals surface area contributed by atoms with Gasteiger partial charge >= 0.3 is 0 Å². The minimum absolute atomic E-state index is 0.0351. The SMILES string of the molecule is O=C(C1=C(O)C(=O)N(CCc2ccccc2)C1c1ccco1)c1cc2ccccc2o1. The number of para-hydroxylation sites is 1. The fraction of sp³-hybridized carbons (Fsp3) is 0.120. The van der Waals surface area contributed by atoms with E-state index in [-0.39, 0.29) is 11.3 Å². The van der Waals surface area contributed by atoms with Crippen LogP contribution in [0.1, 0.15) is 27.9 Å². The van der Waals surface area contributed by atoms with Gasteiger partial charge in [0.2, 0.25) is 5.78 Å². The number of benzene rings is 2. The van der Waals surface area contributed by atoms with Gasteiger partial charge in [-0.15, -0.1) is 0 Å². The maximum atomic E-state index is 13.4. The van der Waals surface area contributed by atoms with Crippen molar-refractivity contribution in [2.24, 2.45) is 0 Å². The number of hydrogen-bond donors (Lipinski definition) is 1. The third-order valence-electron chi connectivity index (χ3n) is 5.49. The van der Waals surface area contributed by atoms with Gasteiger partial charge in [0.25, 0.3) is 5.91 Å². The number of furan rings is 2. The molecular formula is C25H19NO5. The molecule has 6 heteroatoms. The first-order valence-electron chi connectivity index (χ1n) is 9.98. The van der Waals surface area contributed by atoms with E-state index in [1.807, 2.05) is 48.5 Å². The summed E-state index contributed by atoms with van der Waals surface area (Å²) in [4.78, 5) is 27.8. The number of amides is 1. The van der Waals surface area contributed by atoms with Gasteiger partial charge in [0.05, 0.1) is 11.8 Å². The van der Waals surface area contributed by atoms with E-state index >= 15 is 0 Å². The molecule has 1 unspecified atom stereocenters. The average molecular weight is 413 g/mol. The van der Waals surface area contributed by atoms with Gasteiger partial charge in [-0.3, -0.25) is 9.59 Å². The molecule has 1 aliphatic rings. The number of Topliss-reactive ketones (excluding diaryl/α,β-unsaturated/α-hetero) is 1. The number of aliphatic hydroxyl groups is 1. The van der Waals surface area contributed by atoms with Crippen molar-refractivity contribution in [2.75, 3.05) is 6.54 Å². The van der Waals surface area contributed by atoms with Crippen LogP contribution in [0.3, 0.4) is 0 Å². The van der Waals surface area contributed by atoms with Gasteiger partial charge in [-0.1, -0.05) is 48.5 Å². The molecule has 0 spiro atoms. The summed E-state index contributed by atoms with van der Waals surface area (Å²) in [5.74, 6) is -1.23. The number of carbonyl (C=O) groups excluding carboxylic acids is 2. The van der Waals surface area contributed by atoms with Crippen LogP contribution in [-0.2, 0) is 11.2 Å². The summed E-state index contributed by atoms with van der Waals surface area (Å²) in [7, 11) is 0. The van der Waals surface area contributed by atoms with Crippen molar-refractivity contribution >= 4 is 22.7 Å². The highest BCUT2D eigenvalue weighted by atomic mass is 16.3. The van der Waals surface area contributed by atoms with Crippen LogP contribution in [0.2, 0.25) is 0 Å². The molecule has 31 heavy (non-hydrogen) atoms. The molecule has 1 amide bonds. The molecule has 0 radical (unpaired) electrons. The van der Waals surface area contributed by atoms with Crippen molar-refractivity contribution < 1.29 is 23.5 Å². The van der Waals surface area contributed by atoms with Crippen molar-refractivity contribution in [3.8, 4) is 0 Å². The lowest BCUT2D eigenvalue weighted by Crippen LogP contribution is -2.32. The van der Waals surface area contributed by atoms with E-state index < -0.39 is 23.5 Å². The van der Waals surface area contributed by atoms with Crippen LogP contribution in [0.25, 0.3) is 11.0 Å². The Bertz CT molecular complexity index is 1250. The minimum atomic E-state index is -0.827. The number of fused-ring (bicyclic) bond motifs is 1. The maximum absolute atomic E-state index is 13.4. The summed E-state index contributed by atoms with van der Waals surface area (Å²) >= 11 is 0. The first kappa shape index (κ1) is 18.9. The number of nitrogens with zero attached hydrogens (tertiary/aromatic N) is 1. The summed E-state index contributed by atoms with van der Waals surface area (Å²) in [6.07, 6.45) is 2.05. The fourth-order valence-electron chi connectivity index (χ4n) is 3.98. The number of hydrogen-bond acceptors (Lipinski definition) is 5. The summed E-state index contributed by atoms with van der Waals surface area (Å²) in [6.45, 7) is 0.315. The van der Waals surface area contributed by atoms with E-state index in [1.54, 1.807) is 24.3 Å². The number of ketones is 1. The predicted molar refractivity (Wildman–Crippen MR) is 114 cm³/mol. The number of carbonyl (C=O) groups is 2. The summed E-state index contributed by atoms with van der Waals surface area (Å²) < 4.78 is 11.3. The Morgan fingerprint density at radius 2 is 1.77 bits per heavy atom. The molecule has 2 aromatic heterocycles. The lowest BCUT2D eigenvalue weighted by Gasteiger charge is -2.24. The monoisotopic (exact) mass is 413 g/mol. The average Bonchev–Trinajstić information content (AvgIpc) is 3.52. The van der Waals surface area contributed by atoms with Gasteiger partial charge in [0.1, 0.15) is 17.4 Å². The van der Waals surface area contributed by atoms with Gasteiger partial charge in [-0.2, -0.15) is 0 Å². The Labute approximate surface area is 178 Å². The van der Waals surface area contributed by atoms with Gasteiger partial charge in [-0.05, 0) is 36.2 Å². The van der Waals surface area contributed by atoms with E-state index in [2.05, 4.69) is 0 Å². The smallest absolute Gasteiger partial charge is 0.290 e. The van der Waals surface area contributed by atoms with Crippen LogP contribution in [0.5, 0.6) is 0 Å². The van der Waals surface area contributed by atoms with E-state index in [0.717, 1.165) is 10.9 Å². The molecule has 154 valence electrons. The van der Waals surface area contributed by atoms with Crippen molar-refractivity contribution in [1.82, 2.24) is 4.90 Å². The molecular weight excluding hydrogens is 394 g/mol. The lowest BCUT2D eigenvalue weighted by atomic mass is 9.99. The first-order chi connectivity index (χ1) is 15.1. The Kier molecular flexibility index (Phi) is 4.67. The molecule has 4 aromatic rings. The highest BCUT2D eigenvalue weighted by molar-refractivity contribution is 6.15. The molecule has 1 aliphatic heterocycles. The molecule has 2 aromatic carbocycles. The van der Waals surface area contributed by atoms with Crippen LogP contribution in [0, 0.1) is 0 Å². The largest absolute Gasteiger partial charge is 0.503 e. The maximum Gasteiger partial charge on any atom is 0.290 e. The van der Waals surface area contributed by atoms with E-state index in [9.17, 15) is 14.7 Å². The third-order valence-corrected chi connectivity index (χ3v) is 5.49. The predicted octanol–water partition coefficient (Wildman–Crippen LogP) is 4.85. The van der Waals surface area contributed by atoms with Gasteiger partial charge in [0, 0.05) is 11.9 Å². The molecule has 0 aliphatic carbocycles. The van der Waals surface area contributed by atoms with Crippen molar-refractivity contribution in [3.63, 3.8) is 0 Å². The van der Waals surface area contributed by atoms with E-state index in [1.165, 1.54) is 11.2 Å². The van der Waals surface area contributed by atoms with Crippen LogP contribution < -0.4 is 0 Å². The molecule has 3 heterocycles. The van der Waals surface area contributed by atoms with E-state index in [4.69, 9.17) is 8.83 Å². The summed E-state index contributed by atoms with van der Waals surface area (Å²) in [6, 6.07) is 21.1.